The Morgan fingerprint density at radius 2 is 2.53 bits per heavy atom. The third-order valence-electron chi connectivity index (χ3n) is 3.60. The monoisotopic (exact) mass is 282 g/mol. The Morgan fingerprint density at radius 3 is 3.21 bits per heavy atom. The molecule has 5 heteroatoms. The van der Waals surface area contributed by atoms with E-state index in [4.69, 9.17) is 0 Å². The molecule has 19 heavy (non-hydrogen) atoms. The summed E-state index contributed by atoms with van der Waals surface area (Å²) in [6, 6.07) is 1.88. The molecule has 1 aliphatic heterocycles. The number of hydrogen-bond acceptors (Lipinski definition) is 4. The summed E-state index contributed by atoms with van der Waals surface area (Å²) in [5.41, 5.74) is 0.877. The van der Waals surface area contributed by atoms with Crippen molar-refractivity contribution in [1.29, 1.82) is 0 Å². The van der Waals surface area contributed by atoms with Crippen LogP contribution in [-0.2, 0) is 4.79 Å². The largest absolute Gasteiger partial charge is 0.387 e. The normalized spacial score (nSPS) is 21.0. The molecule has 2 unspecified atom stereocenters. The highest BCUT2D eigenvalue weighted by atomic mass is 32.1. The summed E-state index contributed by atoms with van der Waals surface area (Å²) in [6.45, 7) is 2.44. The van der Waals surface area contributed by atoms with Gasteiger partial charge in [0, 0.05) is 13.0 Å². The van der Waals surface area contributed by atoms with E-state index in [1.807, 2.05) is 16.8 Å². The second-order valence-corrected chi connectivity index (χ2v) is 5.91. The Kier molecular flexibility index (Phi) is 5.82. The maximum Gasteiger partial charge on any atom is 0.220 e. The van der Waals surface area contributed by atoms with Crippen LogP contribution in [-0.4, -0.2) is 30.6 Å². The number of nitrogens with one attached hydrogen (secondary N) is 2. The molecule has 2 heterocycles. The number of amides is 1. The zero-order chi connectivity index (χ0) is 13.5. The molecule has 0 aromatic carbocycles. The van der Waals surface area contributed by atoms with Gasteiger partial charge in [0.1, 0.15) is 0 Å². The minimum atomic E-state index is -0.591. The topological polar surface area (TPSA) is 61.4 Å². The van der Waals surface area contributed by atoms with E-state index >= 15 is 0 Å². The van der Waals surface area contributed by atoms with Crippen molar-refractivity contribution in [2.24, 2.45) is 5.92 Å². The zero-order valence-electron chi connectivity index (χ0n) is 11.1. The first-order chi connectivity index (χ1) is 9.25. The van der Waals surface area contributed by atoms with E-state index in [9.17, 15) is 9.90 Å². The van der Waals surface area contributed by atoms with Crippen LogP contribution >= 0.6 is 11.3 Å². The van der Waals surface area contributed by atoms with Crippen molar-refractivity contribution in [2.45, 2.75) is 31.8 Å². The Morgan fingerprint density at radius 1 is 1.63 bits per heavy atom. The quantitative estimate of drug-likeness (QED) is 0.744. The number of carbonyl (C=O) groups excluding carboxylic acids is 1. The molecule has 1 amide bonds. The third kappa shape index (κ3) is 4.93. The van der Waals surface area contributed by atoms with Crippen molar-refractivity contribution in [3.63, 3.8) is 0 Å². The first-order valence-corrected chi connectivity index (χ1v) is 7.87. The molecule has 2 atom stereocenters. The first-order valence-electron chi connectivity index (χ1n) is 6.93. The fourth-order valence-electron chi connectivity index (χ4n) is 2.39. The van der Waals surface area contributed by atoms with Crippen LogP contribution in [0.2, 0.25) is 0 Å². The summed E-state index contributed by atoms with van der Waals surface area (Å²) < 4.78 is 0. The van der Waals surface area contributed by atoms with Crippen molar-refractivity contribution >= 4 is 17.2 Å². The predicted molar refractivity (Wildman–Crippen MR) is 77.1 cm³/mol. The Labute approximate surface area is 118 Å². The number of carbonyl (C=O) groups is 1. The molecule has 1 saturated heterocycles. The van der Waals surface area contributed by atoms with Crippen LogP contribution in [0, 0.1) is 5.92 Å². The summed E-state index contributed by atoms with van der Waals surface area (Å²) in [5, 5.41) is 19.9. The van der Waals surface area contributed by atoms with Crippen molar-refractivity contribution in [3.8, 4) is 0 Å². The molecule has 0 bridgehead atoms. The molecule has 1 aromatic heterocycles. The van der Waals surface area contributed by atoms with E-state index < -0.39 is 6.10 Å². The van der Waals surface area contributed by atoms with Gasteiger partial charge < -0.3 is 15.7 Å². The minimum absolute atomic E-state index is 0.0415. The van der Waals surface area contributed by atoms with Crippen LogP contribution in [0.4, 0.5) is 0 Å². The first kappa shape index (κ1) is 14.5. The van der Waals surface area contributed by atoms with Gasteiger partial charge in [-0.25, -0.2) is 0 Å². The third-order valence-corrected chi connectivity index (χ3v) is 4.30. The summed E-state index contributed by atoms with van der Waals surface area (Å²) in [7, 11) is 0. The zero-order valence-corrected chi connectivity index (χ0v) is 11.9. The lowest BCUT2D eigenvalue weighted by Crippen LogP contribution is -2.32. The number of aliphatic hydroxyl groups is 1. The fraction of sp³-hybridized carbons (Fsp3) is 0.643. The Balaban J connectivity index is 1.61. The van der Waals surface area contributed by atoms with E-state index in [0.29, 0.717) is 18.9 Å². The second kappa shape index (κ2) is 7.62. The minimum Gasteiger partial charge on any atom is -0.387 e. The molecule has 1 fully saturated rings. The number of piperidine rings is 1. The van der Waals surface area contributed by atoms with Crippen molar-refractivity contribution in [1.82, 2.24) is 10.6 Å². The van der Waals surface area contributed by atoms with Gasteiger partial charge in [-0.1, -0.05) is 0 Å². The van der Waals surface area contributed by atoms with Crippen LogP contribution in [0.1, 0.15) is 37.4 Å². The highest BCUT2D eigenvalue weighted by Gasteiger charge is 2.15. The van der Waals surface area contributed by atoms with Crippen LogP contribution in [0.3, 0.4) is 0 Å². The summed E-state index contributed by atoms with van der Waals surface area (Å²) >= 11 is 1.55. The maximum atomic E-state index is 11.7. The van der Waals surface area contributed by atoms with Crippen LogP contribution in [0.25, 0.3) is 0 Å². The average molecular weight is 282 g/mol. The highest BCUT2D eigenvalue weighted by Crippen LogP contribution is 2.17. The molecular formula is C14H22N2O2S. The molecule has 4 nitrogen and oxygen atoms in total. The van der Waals surface area contributed by atoms with Gasteiger partial charge in [0.15, 0.2) is 0 Å². The van der Waals surface area contributed by atoms with Gasteiger partial charge in [-0.2, -0.15) is 11.3 Å². The summed E-state index contributed by atoms with van der Waals surface area (Å²) in [5.74, 6) is 0.668. The van der Waals surface area contributed by atoms with Gasteiger partial charge in [0.25, 0.3) is 0 Å². The molecule has 3 N–H and O–H groups in total. The van der Waals surface area contributed by atoms with Gasteiger partial charge in [0.2, 0.25) is 5.91 Å². The summed E-state index contributed by atoms with van der Waals surface area (Å²) in [6.07, 6.45) is 3.34. The second-order valence-electron chi connectivity index (χ2n) is 5.13. The standard InChI is InChI=1S/C14H22N2O2S/c17-13(12-5-7-19-10-12)9-16-14(18)4-3-11-2-1-6-15-8-11/h5,7,10-11,13,15,17H,1-4,6,8-9H2,(H,16,18). The number of thiophene rings is 1. The van der Waals surface area contributed by atoms with Gasteiger partial charge in [-0.05, 0) is 60.7 Å². The van der Waals surface area contributed by atoms with Crippen LogP contribution in [0.15, 0.2) is 16.8 Å². The van der Waals surface area contributed by atoms with E-state index in [1.165, 1.54) is 12.8 Å². The number of rotatable bonds is 6. The van der Waals surface area contributed by atoms with Crippen molar-refractivity contribution in [3.05, 3.63) is 22.4 Å². The highest BCUT2D eigenvalue weighted by molar-refractivity contribution is 7.07. The molecule has 0 radical (unpaired) electrons. The molecule has 106 valence electrons. The molecule has 0 aliphatic carbocycles. The Hall–Kier alpha value is -0.910. The molecular weight excluding hydrogens is 260 g/mol. The van der Waals surface area contributed by atoms with E-state index in [2.05, 4.69) is 10.6 Å². The molecule has 1 aromatic rings. The SMILES string of the molecule is O=C(CCC1CCCNC1)NCC(O)c1ccsc1. The lowest BCUT2D eigenvalue weighted by molar-refractivity contribution is -0.121. The van der Waals surface area contributed by atoms with E-state index in [0.717, 1.165) is 25.1 Å². The molecule has 0 spiro atoms. The van der Waals surface area contributed by atoms with Gasteiger partial charge in [-0.3, -0.25) is 4.79 Å². The fourth-order valence-corrected chi connectivity index (χ4v) is 3.09. The predicted octanol–water partition coefficient (Wildman–Crippen LogP) is 1.68. The van der Waals surface area contributed by atoms with Crippen LogP contribution in [0.5, 0.6) is 0 Å². The number of hydrogen-bond donors (Lipinski definition) is 3. The lowest BCUT2D eigenvalue weighted by atomic mass is 9.94. The molecule has 1 aliphatic rings. The van der Waals surface area contributed by atoms with Crippen molar-refractivity contribution in [2.75, 3.05) is 19.6 Å². The average Bonchev–Trinajstić information content (AvgIpc) is 2.98. The Bertz CT molecular complexity index is 375. The smallest absolute Gasteiger partial charge is 0.220 e. The van der Waals surface area contributed by atoms with Gasteiger partial charge in [-0.15, -0.1) is 0 Å². The lowest BCUT2D eigenvalue weighted by Gasteiger charge is -2.22. The van der Waals surface area contributed by atoms with Crippen LogP contribution < -0.4 is 10.6 Å². The van der Waals surface area contributed by atoms with Crippen molar-refractivity contribution < 1.29 is 9.90 Å². The van der Waals surface area contributed by atoms with E-state index in [1.54, 1.807) is 11.3 Å². The molecule has 2 rings (SSSR count). The van der Waals surface area contributed by atoms with E-state index in [-0.39, 0.29) is 5.91 Å². The number of aliphatic hydroxyl groups excluding tert-OH is 1. The maximum absolute atomic E-state index is 11.7. The summed E-state index contributed by atoms with van der Waals surface area (Å²) in [4.78, 5) is 11.7. The molecule has 0 saturated carbocycles. The van der Waals surface area contributed by atoms with Gasteiger partial charge in [0.05, 0.1) is 6.10 Å². The van der Waals surface area contributed by atoms with Gasteiger partial charge >= 0.3 is 0 Å².